The molecule has 5 heteroatoms. The molecule has 1 aliphatic carbocycles. The van der Waals surface area contributed by atoms with Crippen LogP contribution in [0, 0.1) is 5.41 Å². The summed E-state index contributed by atoms with van der Waals surface area (Å²) in [5.41, 5.74) is -0.206. The van der Waals surface area contributed by atoms with E-state index in [2.05, 4.69) is 16.9 Å². The van der Waals surface area contributed by atoms with E-state index >= 15 is 0 Å². The van der Waals surface area contributed by atoms with Gasteiger partial charge in [-0.05, 0) is 30.9 Å². The fraction of sp³-hybridized carbons (Fsp3) is 0.929. The van der Waals surface area contributed by atoms with Gasteiger partial charge in [0.1, 0.15) is 0 Å². The van der Waals surface area contributed by atoms with E-state index in [0.717, 1.165) is 12.8 Å². The Morgan fingerprint density at radius 3 is 2.68 bits per heavy atom. The number of aliphatic hydroxyl groups excluding tert-OH is 1. The molecular weight excluding hydrogens is 260 g/mol. The molecule has 3 N–H and O–H groups in total. The molecule has 0 bridgehead atoms. The molecule has 0 heterocycles. The highest BCUT2D eigenvalue weighted by Gasteiger charge is 2.24. The number of aliphatic hydroxyl groups is 1. The Morgan fingerprint density at radius 2 is 2.11 bits per heavy atom. The van der Waals surface area contributed by atoms with Crippen LogP contribution in [0.4, 0.5) is 4.79 Å². The highest BCUT2D eigenvalue weighted by molar-refractivity contribution is 7.99. The van der Waals surface area contributed by atoms with Crippen LogP contribution in [0.1, 0.15) is 46.5 Å². The van der Waals surface area contributed by atoms with Gasteiger partial charge in [-0.3, -0.25) is 0 Å². The van der Waals surface area contributed by atoms with Gasteiger partial charge < -0.3 is 15.7 Å². The van der Waals surface area contributed by atoms with Gasteiger partial charge in [-0.25, -0.2) is 4.79 Å². The number of carbonyl (C=O) groups excluding carboxylic acids is 1. The minimum Gasteiger partial charge on any atom is -0.391 e. The number of rotatable bonds is 4. The van der Waals surface area contributed by atoms with Crippen molar-refractivity contribution in [1.82, 2.24) is 10.6 Å². The zero-order valence-electron chi connectivity index (χ0n) is 12.5. The van der Waals surface area contributed by atoms with Gasteiger partial charge in [0.2, 0.25) is 0 Å². The van der Waals surface area contributed by atoms with Crippen molar-refractivity contribution in [3.63, 3.8) is 0 Å². The molecule has 0 radical (unpaired) electrons. The van der Waals surface area contributed by atoms with Gasteiger partial charge in [-0.1, -0.05) is 27.2 Å². The summed E-state index contributed by atoms with van der Waals surface area (Å²) < 4.78 is 0. The SMILES string of the molecule is CSC1CCCC(NC(=O)NCC(O)C(C)(C)C)C1. The third kappa shape index (κ3) is 6.04. The monoisotopic (exact) mass is 288 g/mol. The van der Waals surface area contributed by atoms with Crippen molar-refractivity contribution in [2.45, 2.75) is 63.9 Å². The highest BCUT2D eigenvalue weighted by Crippen LogP contribution is 2.26. The first-order valence-electron chi connectivity index (χ1n) is 7.08. The van der Waals surface area contributed by atoms with Crippen molar-refractivity contribution >= 4 is 17.8 Å². The summed E-state index contributed by atoms with van der Waals surface area (Å²) in [6.07, 6.45) is 6.16. The molecule has 112 valence electrons. The summed E-state index contributed by atoms with van der Waals surface area (Å²) in [6, 6.07) is 0.119. The minimum atomic E-state index is -0.524. The second-order valence-electron chi connectivity index (χ2n) is 6.46. The van der Waals surface area contributed by atoms with E-state index in [1.807, 2.05) is 32.5 Å². The fourth-order valence-corrected chi connectivity index (χ4v) is 3.05. The maximum atomic E-state index is 11.8. The van der Waals surface area contributed by atoms with Crippen LogP contribution in [0.25, 0.3) is 0 Å². The van der Waals surface area contributed by atoms with Crippen molar-refractivity contribution in [3.8, 4) is 0 Å². The van der Waals surface area contributed by atoms with Crippen molar-refractivity contribution < 1.29 is 9.90 Å². The maximum absolute atomic E-state index is 11.8. The van der Waals surface area contributed by atoms with E-state index < -0.39 is 6.10 Å². The predicted octanol–water partition coefficient (Wildman–Crippen LogP) is 2.37. The maximum Gasteiger partial charge on any atom is 0.315 e. The largest absolute Gasteiger partial charge is 0.391 e. The average molecular weight is 288 g/mol. The molecular formula is C14H28N2O2S. The van der Waals surface area contributed by atoms with Crippen LogP contribution in [0.2, 0.25) is 0 Å². The van der Waals surface area contributed by atoms with E-state index in [-0.39, 0.29) is 17.5 Å². The second-order valence-corrected chi connectivity index (χ2v) is 7.60. The topological polar surface area (TPSA) is 61.4 Å². The molecule has 1 fully saturated rings. The summed E-state index contributed by atoms with van der Waals surface area (Å²) in [7, 11) is 0. The molecule has 4 nitrogen and oxygen atoms in total. The third-order valence-electron chi connectivity index (χ3n) is 3.75. The van der Waals surface area contributed by atoms with Crippen LogP contribution < -0.4 is 10.6 Å². The molecule has 0 aliphatic heterocycles. The van der Waals surface area contributed by atoms with Crippen LogP contribution >= 0.6 is 11.8 Å². The van der Waals surface area contributed by atoms with E-state index in [1.165, 1.54) is 12.8 Å². The zero-order valence-corrected chi connectivity index (χ0v) is 13.3. The van der Waals surface area contributed by atoms with E-state index in [1.54, 1.807) is 0 Å². The lowest BCUT2D eigenvalue weighted by molar-refractivity contribution is 0.0648. The van der Waals surface area contributed by atoms with Gasteiger partial charge in [0.05, 0.1) is 6.10 Å². The van der Waals surface area contributed by atoms with E-state index in [0.29, 0.717) is 11.8 Å². The van der Waals surface area contributed by atoms with E-state index in [9.17, 15) is 9.90 Å². The predicted molar refractivity (Wildman–Crippen MR) is 81.6 cm³/mol. The third-order valence-corrected chi connectivity index (χ3v) is 4.85. The van der Waals surface area contributed by atoms with Gasteiger partial charge in [-0.2, -0.15) is 11.8 Å². The molecule has 1 aliphatic rings. The summed E-state index contributed by atoms with van der Waals surface area (Å²) in [5.74, 6) is 0. The standard InChI is InChI=1S/C14H28N2O2S/c1-14(2,3)12(17)9-15-13(18)16-10-6-5-7-11(8-10)19-4/h10-12,17H,5-9H2,1-4H3,(H2,15,16,18). The number of hydrogen-bond donors (Lipinski definition) is 3. The number of carbonyl (C=O) groups is 1. The zero-order chi connectivity index (χ0) is 14.5. The van der Waals surface area contributed by atoms with Gasteiger partial charge in [0, 0.05) is 17.8 Å². The van der Waals surface area contributed by atoms with Crippen molar-refractivity contribution in [3.05, 3.63) is 0 Å². The molecule has 1 saturated carbocycles. The normalized spacial score (nSPS) is 25.7. The fourth-order valence-electron chi connectivity index (χ4n) is 2.22. The molecule has 2 amide bonds. The van der Waals surface area contributed by atoms with Crippen LogP contribution in [-0.2, 0) is 0 Å². The Hall–Kier alpha value is -0.420. The molecule has 0 saturated heterocycles. The Morgan fingerprint density at radius 1 is 1.42 bits per heavy atom. The second kappa shape index (κ2) is 7.39. The van der Waals surface area contributed by atoms with Gasteiger partial charge >= 0.3 is 6.03 Å². The van der Waals surface area contributed by atoms with Gasteiger partial charge in [0.15, 0.2) is 0 Å². The first-order chi connectivity index (χ1) is 8.82. The lowest BCUT2D eigenvalue weighted by Gasteiger charge is -2.29. The molecule has 0 aromatic carbocycles. The summed E-state index contributed by atoms with van der Waals surface area (Å²) >= 11 is 1.89. The molecule has 3 unspecified atom stereocenters. The Kier molecular flexibility index (Phi) is 6.47. The van der Waals surface area contributed by atoms with Crippen LogP contribution in [0.3, 0.4) is 0 Å². The molecule has 1 rings (SSSR count). The summed E-state index contributed by atoms with van der Waals surface area (Å²) in [4.78, 5) is 11.8. The lowest BCUT2D eigenvalue weighted by atomic mass is 9.89. The quantitative estimate of drug-likeness (QED) is 0.744. The average Bonchev–Trinajstić information content (AvgIpc) is 2.35. The summed E-state index contributed by atoms with van der Waals surface area (Å²) in [6.45, 7) is 6.18. The molecule has 0 spiro atoms. The Labute approximate surface area is 121 Å². The van der Waals surface area contributed by atoms with Crippen LogP contribution in [-0.4, -0.2) is 41.3 Å². The smallest absolute Gasteiger partial charge is 0.315 e. The van der Waals surface area contributed by atoms with E-state index in [4.69, 9.17) is 0 Å². The molecule has 0 aromatic rings. The number of amides is 2. The van der Waals surface area contributed by atoms with Crippen molar-refractivity contribution in [2.24, 2.45) is 5.41 Å². The highest BCUT2D eigenvalue weighted by atomic mass is 32.2. The van der Waals surface area contributed by atoms with Crippen LogP contribution in [0.15, 0.2) is 0 Å². The van der Waals surface area contributed by atoms with Gasteiger partial charge in [0.25, 0.3) is 0 Å². The van der Waals surface area contributed by atoms with Gasteiger partial charge in [-0.15, -0.1) is 0 Å². The molecule has 0 aromatic heterocycles. The molecule has 3 atom stereocenters. The first-order valence-corrected chi connectivity index (χ1v) is 8.37. The number of urea groups is 1. The summed E-state index contributed by atoms with van der Waals surface area (Å²) in [5, 5.41) is 16.3. The van der Waals surface area contributed by atoms with Crippen molar-refractivity contribution in [1.29, 1.82) is 0 Å². The Balaban J connectivity index is 2.27. The first kappa shape index (κ1) is 16.6. The molecule has 19 heavy (non-hydrogen) atoms. The lowest BCUT2D eigenvalue weighted by Crippen LogP contribution is -2.48. The Bertz CT molecular complexity index is 292. The number of nitrogens with one attached hydrogen (secondary N) is 2. The van der Waals surface area contributed by atoms with Crippen LogP contribution in [0.5, 0.6) is 0 Å². The number of hydrogen-bond acceptors (Lipinski definition) is 3. The number of thioether (sulfide) groups is 1. The van der Waals surface area contributed by atoms with Crippen molar-refractivity contribution in [2.75, 3.05) is 12.8 Å². The minimum absolute atomic E-state index is 0.157.